The number of benzene rings is 1. The van der Waals surface area contributed by atoms with Gasteiger partial charge in [-0.05, 0) is 37.1 Å². The molecule has 0 radical (unpaired) electrons. The number of nitrogens with one attached hydrogen (secondary N) is 2. The lowest BCUT2D eigenvalue weighted by atomic mass is 9.89. The molecule has 1 aliphatic carbocycles. The van der Waals surface area contributed by atoms with Gasteiger partial charge in [-0.15, -0.1) is 0 Å². The molecule has 3 unspecified atom stereocenters. The average Bonchev–Trinajstić information content (AvgIpc) is 2.96. The van der Waals surface area contributed by atoms with Gasteiger partial charge in [0.2, 0.25) is 15.9 Å². The largest absolute Gasteiger partial charge is 0.339 e. The van der Waals surface area contributed by atoms with E-state index in [2.05, 4.69) is 10.9 Å². The SMILES string of the molecule is O=C(C1NNC2CCCCCC21)N1CCN(S(=O)(=O)c2ccc(Cl)cc2)CC1. The first-order chi connectivity index (χ1) is 13.5. The Kier molecular flexibility index (Phi) is 5.94. The summed E-state index contributed by atoms with van der Waals surface area (Å²) in [5.74, 6) is 0.413. The first-order valence-corrected chi connectivity index (χ1v) is 11.8. The maximum absolute atomic E-state index is 13.1. The summed E-state index contributed by atoms with van der Waals surface area (Å²) in [4.78, 5) is 15.1. The Morgan fingerprint density at radius 3 is 2.36 bits per heavy atom. The lowest BCUT2D eigenvalue weighted by Crippen LogP contribution is -2.55. The molecule has 1 amide bonds. The number of rotatable bonds is 3. The van der Waals surface area contributed by atoms with E-state index in [4.69, 9.17) is 11.6 Å². The van der Waals surface area contributed by atoms with Crippen molar-refractivity contribution < 1.29 is 13.2 Å². The standard InChI is InChI=1S/C19H27ClN4O3S/c20-14-6-8-15(9-7-14)28(26,27)24-12-10-23(11-13-24)19(25)18-16-4-2-1-3-5-17(16)21-22-18/h6-9,16-18,21-22H,1-5,10-13H2. The highest BCUT2D eigenvalue weighted by atomic mass is 35.5. The summed E-state index contributed by atoms with van der Waals surface area (Å²) in [5, 5.41) is 0.504. The van der Waals surface area contributed by atoms with Gasteiger partial charge in [0.25, 0.3) is 0 Å². The third-order valence-corrected chi connectivity index (χ3v) is 8.35. The molecular weight excluding hydrogens is 400 g/mol. The fraction of sp³-hybridized carbons (Fsp3) is 0.632. The van der Waals surface area contributed by atoms with Crippen LogP contribution in [0.2, 0.25) is 5.02 Å². The molecule has 2 aliphatic heterocycles. The molecule has 2 N–H and O–H groups in total. The van der Waals surface area contributed by atoms with Gasteiger partial charge in [-0.3, -0.25) is 10.2 Å². The van der Waals surface area contributed by atoms with E-state index in [-0.39, 0.29) is 16.8 Å². The van der Waals surface area contributed by atoms with Crippen LogP contribution in [0.1, 0.15) is 32.1 Å². The smallest absolute Gasteiger partial charge is 0.243 e. The van der Waals surface area contributed by atoms with Crippen LogP contribution >= 0.6 is 11.6 Å². The number of hydrogen-bond acceptors (Lipinski definition) is 5. The highest BCUT2D eigenvalue weighted by Gasteiger charge is 2.42. The number of hydrazine groups is 1. The molecule has 4 rings (SSSR count). The molecule has 3 fully saturated rings. The highest BCUT2D eigenvalue weighted by molar-refractivity contribution is 7.89. The fourth-order valence-corrected chi connectivity index (χ4v) is 6.11. The number of carbonyl (C=O) groups is 1. The Labute approximate surface area is 171 Å². The van der Waals surface area contributed by atoms with E-state index in [0.29, 0.717) is 43.2 Å². The van der Waals surface area contributed by atoms with Gasteiger partial charge in [0, 0.05) is 43.2 Å². The summed E-state index contributed by atoms with van der Waals surface area (Å²) in [6.07, 6.45) is 5.77. The summed E-state index contributed by atoms with van der Waals surface area (Å²) in [6, 6.07) is 6.36. The van der Waals surface area contributed by atoms with Crippen molar-refractivity contribution in [1.82, 2.24) is 20.1 Å². The van der Waals surface area contributed by atoms with Gasteiger partial charge in [0.05, 0.1) is 4.90 Å². The number of piperazine rings is 1. The van der Waals surface area contributed by atoms with Gasteiger partial charge in [0.1, 0.15) is 6.04 Å². The number of amides is 1. The van der Waals surface area contributed by atoms with Crippen molar-refractivity contribution in [3.8, 4) is 0 Å². The first-order valence-electron chi connectivity index (χ1n) is 10.0. The molecule has 28 heavy (non-hydrogen) atoms. The maximum Gasteiger partial charge on any atom is 0.243 e. The van der Waals surface area contributed by atoms with Crippen LogP contribution in [0.3, 0.4) is 0 Å². The molecule has 3 atom stereocenters. The van der Waals surface area contributed by atoms with Crippen LogP contribution in [-0.2, 0) is 14.8 Å². The summed E-state index contributed by atoms with van der Waals surface area (Å²) in [5.41, 5.74) is 6.52. The monoisotopic (exact) mass is 426 g/mol. The Hall–Kier alpha value is -1.19. The van der Waals surface area contributed by atoms with Crippen LogP contribution < -0.4 is 10.9 Å². The number of nitrogens with zero attached hydrogens (tertiary/aromatic N) is 2. The molecule has 2 saturated heterocycles. The second-order valence-electron chi connectivity index (χ2n) is 7.86. The third-order valence-electron chi connectivity index (χ3n) is 6.19. The molecule has 1 aromatic carbocycles. The van der Waals surface area contributed by atoms with Crippen molar-refractivity contribution in [2.45, 2.75) is 49.1 Å². The van der Waals surface area contributed by atoms with Crippen LogP contribution in [0.5, 0.6) is 0 Å². The molecule has 7 nitrogen and oxygen atoms in total. The topological polar surface area (TPSA) is 81.8 Å². The quantitative estimate of drug-likeness (QED) is 0.767. The summed E-state index contributed by atoms with van der Waals surface area (Å²) < 4.78 is 27.1. The van der Waals surface area contributed by atoms with Gasteiger partial charge in [-0.2, -0.15) is 4.31 Å². The van der Waals surface area contributed by atoms with Crippen LogP contribution in [0.4, 0.5) is 0 Å². The minimum absolute atomic E-state index is 0.0884. The molecule has 9 heteroatoms. The Morgan fingerprint density at radius 1 is 0.964 bits per heavy atom. The third kappa shape index (κ3) is 3.93. The number of sulfonamides is 1. The normalized spacial score (nSPS) is 29.3. The van der Waals surface area contributed by atoms with Crippen molar-refractivity contribution in [2.75, 3.05) is 26.2 Å². The highest BCUT2D eigenvalue weighted by Crippen LogP contribution is 2.30. The number of halogens is 1. The van der Waals surface area contributed by atoms with Crippen LogP contribution in [0.15, 0.2) is 29.2 Å². The van der Waals surface area contributed by atoms with Gasteiger partial charge in [-0.25, -0.2) is 13.8 Å². The minimum atomic E-state index is -3.56. The molecular formula is C19H27ClN4O3S. The number of hydrogen-bond donors (Lipinski definition) is 2. The number of carbonyl (C=O) groups excluding carboxylic acids is 1. The summed E-state index contributed by atoms with van der Waals surface area (Å²) in [6.45, 7) is 1.46. The Morgan fingerprint density at radius 2 is 1.64 bits per heavy atom. The van der Waals surface area contributed by atoms with Crippen molar-refractivity contribution in [3.63, 3.8) is 0 Å². The Bertz CT molecular complexity index is 809. The van der Waals surface area contributed by atoms with E-state index >= 15 is 0 Å². The molecule has 154 valence electrons. The van der Waals surface area contributed by atoms with Crippen molar-refractivity contribution in [2.24, 2.45) is 5.92 Å². The van der Waals surface area contributed by atoms with Crippen LogP contribution in [0.25, 0.3) is 0 Å². The van der Waals surface area contributed by atoms with Crippen molar-refractivity contribution >= 4 is 27.5 Å². The molecule has 1 saturated carbocycles. The van der Waals surface area contributed by atoms with Crippen LogP contribution in [0, 0.1) is 5.92 Å². The Balaban J connectivity index is 1.38. The van der Waals surface area contributed by atoms with Gasteiger partial charge < -0.3 is 4.90 Å². The van der Waals surface area contributed by atoms with E-state index in [1.165, 1.54) is 35.7 Å². The average molecular weight is 427 g/mol. The molecule has 0 aromatic heterocycles. The second-order valence-corrected chi connectivity index (χ2v) is 10.2. The summed E-state index contributed by atoms with van der Waals surface area (Å²) >= 11 is 5.86. The zero-order chi connectivity index (χ0) is 19.7. The van der Waals surface area contributed by atoms with E-state index in [1.54, 1.807) is 17.0 Å². The summed E-state index contributed by atoms with van der Waals surface area (Å²) in [7, 11) is -3.56. The van der Waals surface area contributed by atoms with E-state index in [1.807, 2.05) is 0 Å². The number of fused-ring (bicyclic) bond motifs is 1. The van der Waals surface area contributed by atoms with Gasteiger partial charge in [0.15, 0.2) is 0 Å². The minimum Gasteiger partial charge on any atom is -0.339 e. The lowest BCUT2D eigenvalue weighted by molar-refractivity contribution is -0.135. The molecule has 0 spiro atoms. The van der Waals surface area contributed by atoms with Crippen molar-refractivity contribution in [3.05, 3.63) is 29.3 Å². The van der Waals surface area contributed by atoms with Gasteiger partial charge >= 0.3 is 0 Å². The molecule has 1 aromatic rings. The lowest BCUT2D eigenvalue weighted by Gasteiger charge is -2.36. The van der Waals surface area contributed by atoms with Crippen molar-refractivity contribution in [1.29, 1.82) is 0 Å². The molecule has 2 heterocycles. The molecule has 3 aliphatic rings. The zero-order valence-electron chi connectivity index (χ0n) is 15.8. The first kappa shape index (κ1) is 20.1. The predicted molar refractivity (Wildman–Crippen MR) is 107 cm³/mol. The van der Waals surface area contributed by atoms with E-state index in [0.717, 1.165) is 12.8 Å². The zero-order valence-corrected chi connectivity index (χ0v) is 17.4. The predicted octanol–water partition coefficient (Wildman–Crippen LogP) is 1.60. The second kappa shape index (κ2) is 8.28. The van der Waals surface area contributed by atoms with Crippen LogP contribution in [-0.4, -0.2) is 61.8 Å². The van der Waals surface area contributed by atoms with E-state index < -0.39 is 10.0 Å². The maximum atomic E-state index is 13.1. The molecule has 0 bridgehead atoms. The fourth-order valence-electron chi connectivity index (χ4n) is 4.56. The van der Waals surface area contributed by atoms with Gasteiger partial charge in [-0.1, -0.05) is 30.9 Å². The van der Waals surface area contributed by atoms with E-state index in [9.17, 15) is 13.2 Å².